The quantitative estimate of drug-likeness (QED) is 0.208. The summed E-state index contributed by atoms with van der Waals surface area (Å²) in [6, 6.07) is 57.3. The molecule has 0 N–H and O–H groups in total. The van der Waals surface area contributed by atoms with Crippen LogP contribution in [0, 0.1) is 0 Å². The molecule has 8 aromatic rings. The summed E-state index contributed by atoms with van der Waals surface area (Å²) in [6.07, 6.45) is 0. The predicted octanol–water partition coefficient (Wildman–Crippen LogP) is 12.2. The van der Waals surface area contributed by atoms with E-state index in [1.165, 1.54) is 0 Å². The monoisotopic (exact) mass is 577 g/mol. The Balaban J connectivity index is 1.14. The second-order valence-electron chi connectivity index (χ2n) is 11.4. The van der Waals surface area contributed by atoms with Gasteiger partial charge in [-0.1, -0.05) is 109 Å². The molecule has 0 unspecified atom stereocenters. The number of nitrogens with zero attached hydrogens (tertiary/aromatic N) is 1. The molecule has 1 aliphatic heterocycles. The smallest absolute Gasteiger partial charge is 0.152 e. The van der Waals surface area contributed by atoms with Crippen LogP contribution in [0.2, 0.25) is 0 Å². The first kappa shape index (κ1) is 25.4. The Bertz CT molecular complexity index is 2250. The third kappa shape index (κ3) is 4.37. The third-order valence-corrected chi connectivity index (χ3v) is 8.67. The first-order chi connectivity index (χ1) is 22.3. The molecule has 3 heteroatoms. The van der Waals surface area contributed by atoms with Crippen molar-refractivity contribution in [3.63, 3.8) is 0 Å². The molecule has 0 aliphatic carbocycles. The van der Waals surface area contributed by atoms with Crippen molar-refractivity contribution in [2.24, 2.45) is 0 Å². The van der Waals surface area contributed by atoms with Crippen molar-refractivity contribution in [2.45, 2.75) is 0 Å². The highest BCUT2D eigenvalue weighted by Crippen LogP contribution is 2.52. The summed E-state index contributed by atoms with van der Waals surface area (Å²) in [7, 11) is 0. The second kappa shape index (κ2) is 10.3. The Morgan fingerprint density at radius 3 is 1.49 bits per heavy atom. The van der Waals surface area contributed by atoms with Crippen LogP contribution < -0.4 is 9.64 Å². The number of ether oxygens (including phenoxy) is 1. The number of hydrogen-bond donors (Lipinski definition) is 0. The van der Waals surface area contributed by atoms with Gasteiger partial charge in [-0.05, 0) is 88.0 Å². The molecule has 0 fully saturated rings. The van der Waals surface area contributed by atoms with Crippen molar-refractivity contribution in [3.05, 3.63) is 164 Å². The highest BCUT2D eigenvalue weighted by molar-refractivity contribution is 6.06. The Morgan fingerprint density at radius 2 is 0.844 bits per heavy atom. The zero-order chi connectivity index (χ0) is 29.7. The molecular weight excluding hydrogens is 550 g/mol. The number of anilines is 3. The Morgan fingerprint density at radius 1 is 0.356 bits per heavy atom. The molecule has 7 aromatic carbocycles. The molecular formula is C42H27NO2. The van der Waals surface area contributed by atoms with Crippen LogP contribution in [0.1, 0.15) is 0 Å². The Kier molecular flexibility index (Phi) is 5.82. The van der Waals surface area contributed by atoms with Crippen LogP contribution in [0.4, 0.5) is 17.1 Å². The number of fused-ring (bicyclic) bond motifs is 5. The van der Waals surface area contributed by atoms with Crippen LogP contribution in [-0.2, 0) is 0 Å². The molecule has 0 spiro atoms. The highest BCUT2D eigenvalue weighted by Gasteiger charge is 2.27. The van der Waals surface area contributed by atoms with E-state index in [2.05, 4.69) is 144 Å². The van der Waals surface area contributed by atoms with Gasteiger partial charge in [0.15, 0.2) is 11.5 Å². The molecule has 3 nitrogen and oxygen atoms in total. The maximum Gasteiger partial charge on any atom is 0.152 e. The van der Waals surface area contributed by atoms with E-state index in [9.17, 15) is 0 Å². The highest BCUT2D eigenvalue weighted by atomic mass is 16.5. The maximum absolute atomic E-state index is 6.66. The maximum atomic E-state index is 6.66. The molecule has 0 saturated carbocycles. The van der Waals surface area contributed by atoms with Crippen LogP contribution in [0.15, 0.2) is 168 Å². The number of rotatable bonds is 4. The summed E-state index contributed by atoms with van der Waals surface area (Å²) < 4.78 is 12.7. The van der Waals surface area contributed by atoms with Gasteiger partial charge < -0.3 is 14.1 Å². The van der Waals surface area contributed by atoms with Crippen LogP contribution >= 0.6 is 0 Å². The van der Waals surface area contributed by atoms with E-state index >= 15 is 0 Å². The lowest BCUT2D eigenvalue weighted by Crippen LogP contribution is -2.16. The predicted molar refractivity (Wildman–Crippen MR) is 185 cm³/mol. The normalized spacial score (nSPS) is 12.1. The van der Waals surface area contributed by atoms with Gasteiger partial charge in [-0.15, -0.1) is 0 Å². The summed E-state index contributed by atoms with van der Waals surface area (Å²) in [5.74, 6) is 1.66. The van der Waals surface area contributed by atoms with E-state index in [0.29, 0.717) is 0 Å². The fourth-order valence-corrected chi connectivity index (χ4v) is 6.42. The minimum Gasteiger partial charge on any atom is -0.456 e. The SMILES string of the molecule is c1ccc(-c2ccc3c(c2)Oc2cc(-c4ccccc4)ccc2N3c2ccc(-c3ccc4oc5ccccc5c4c3)cc2)cc1. The first-order valence-electron chi connectivity index (χ1n) is 15.2. The van der Waals surface area contributed by atoms with Crippen molar-refractivity contribution in [2.75, 3.05) is 4.90 Å². The molecule has 2 heterocycles. The van der Waals surface area contributed by atoms with Crippen molar-refractivity contribution in [1.29, 1.82) is 0 Å². The number of benzene rings is 7. The van der Waals surface area contributed by atoms with Gasteiger partial charge in [-0.25, -0.2) is 0 Å². The minimum atomic E-state index is 0.829. The Hall–Kier alpha value is -6.06. The molecule has 0 saturated heterocycles. The van der Waals surface area contributed by atoms with E-state index in [-0.39, 0.29) is 0 Å². The van der Waals surface area contributed by atoms with Crippen molar-refractivity contribution >= 4 is 39.0 Å². The molecule has 0 atom stereocenters. The molecule has 0 radical (unpaired) electrons. The van der Waals surface area contributed by atoms with Gasteiger partial charge in [0, 0.05) is 16.5 Å². The zero-order valence-corrected chi connectivity index (χ0v) is 24.4. The Labute approximate surface area is 261 Å². The average Bonchev–Trinajstić information content (AvgIpc) is 3.49. The van der Waals surface area contributed by atoms with Crippen molar-refractivity contribution in [3.8, 4) is 44.9 Å². The van der Waals surface area contributed by atoms with Crippen LogP contribution in [-0.4, -0.2) is 0 Å². The number of hydrogen-bond acceptors (Lipinski definition) is 3. The lowest BCUT2D eigenvalue weighted by atomic mass is 10.00. The molecule has 212 valence electrons. The van der Waals surface area contributed by atoms with Gasteiger partial charge in [-0.3, -0.25) is 0 Å². The average molecular weight is 578 g/mol. The van der Waals surface area contributed by atoms with Gasteiger partial charge in [0.1, 0.15) is 11.2 Å². The van der Waals surface area contributed by atoms with E-state index in [4.69, 9.17) is 9.15 Å². The van der Waals surface area contributed by atoms with E-state index in [1.54, 1.807) is 0 Å². The van der Waals surface area contributed by atoms with E-state index in [1.807, 2.05) is 24.3 Å². The first-order valence-corrected chi connectivity index (χ1v) is 15.2. The van der Waals surface area contributed by atoms with Gasteiger partial charge in [0.25, 0.3) is 0 Å². The number of para-hydroxylation sites is 1. The van der Waals surface area contributed by atoms with Gasteiger partial charge in [0.05, 0.1) is 11.4 Å². The summed E-state index contributed by atoms with van der Waals surface area (Å²) >= 11 is 0. The van der Waals surface area contributed by atoms with Gasteiger partial charge in [-0.2, -0.15) is 0 Å². The summed E-state index contributed by atoms with van der Waals surface area (Å²) in [4.78, 5) is 2.30. The molecule has 0 amide bonds. The fraction of sp³-hybridized carbons (Fsp3) is 0. The van der Waals surface area contributed by atoms with Gasteiger partial charge >= 0.3 is 0 Å². The molecule has 1 aliphatic rings. The second-order valence-corrected chi connectivity index (χ2v) is 11.4. The van der Waals surface area contributed by atoms with Crippen LogP contribution in [0.5, 0.6) is 11.5 Å². The van der Waals surface area contributed by atoms with E-state index < -0.39 is 0 Å². The lowest BCUT2D eigenvalue weighted by Gasteiger charge is -2.33. The van der Waals surface area contributed by atoms with E-state index in [0.717, 1.165) is 83.9 Å². The number of furan rings is 1. The van der Waals surface area contributed by atoms with Crippen molar-refractivity contribution in [1.82, 2.24) is 0 Å². The molecule has 1 aromatic heterocycles. The minimum absolute atomic E-state index is 0.829. The summed E-state index contributed by atoms with van der Waals surface area (Å²) in [5, 5.41) is 2.27. The topological polar surface area (TPSA) is 25.6 Å². The standard InChI is InChI=1S/C42H27NO2/c1-3-9-28(10-4-1)32-17-22-37-41(26-32)45-42-27-33(29-11-5-2-6-12-29)18-23-38(42)43(37)34-20-15-30(16-21-34)31-19-24-40-36(25-31)35-13-7-8-14-39(35)44-40/h1-27H. The zero-order valence-electron chi connectivity index (χ0n) is 24.4. The largest absolute Gasteiger partial charge is 0.456 e. The third-order valence-electron chi connectivity index (χ3n) is 8.67. The molecule has 45 heavy (non-hydrogen) atoms. The fourth-order valence-electron chi connectivity index (χ4n) is 6.42. The molecule has 0 bridgehead atoms. The van der Waals surface area contributed by atoms with Crippen LogP contribution in [0.25, 0.3) is 55.3 Å². The summed E-state index contributed by atoms with van der Waals surface area (Å²) in [6.45, 7) is 0. The van der Waals surface area contributed by atoms with Gasteiger partial charge in [0.2, 0.25) is 0 Å². The van der Waals surface area contributed by atoms with Crippen LogP contribution in [0.3, 0.4) is 0 Å². The lowest BCUT2D eigenvalue weighted by molar-refractivity contribution is 0.477. The summed E-state index contributed by atoms with van der Waals surface area (Å²) in [5.41, 5.74) is 11.8. The van der Waals surface area contributed by atoms with Crippen molar-refractivity contribution < 1.29 is 9.15 Å². The molecule has 9 rings (SSSR count).